The Morgan fingerprint density at radius 1 is 1.30 bits per heavy atom. The first-order chi connectivity index (χ1) is 13.0. The number of furan rings is 1. The summed E-state index contributed by atoms with van der Waals surface area (Å²) in [7, 11) is 0. The zero-order valence-corrected chi connectivity index (χ0v) is 17.7. The normalized spacial score (nSPS) is 10.8. The lowest BCUT2D eigenvalue weighted by Gasteiger charge is -2.09. The highest BCUT2D eigenvalue weighted by Gasteiger charge is 2.18. The van der Waals surface area contributed by atoms with Crippen LogP contribution in [-0.4, -0.2) is 26.4 Å². The number of halogens is 3. The van der Waals surface area contributed by atoms with Gasteiger partial charge >= 0.3 is 0 Å². The molecule has 0 aliphatic rings. The first-order valence-electron chi connectivity index (χ1n) is 7.66. The van der Waals surface area contributed by atoms with Gasteiger partial charge in [0, 0.05) is 6.54 Å². The third-order valence-corrected chi connectivity index (χ3v) is 5.40. The van der Waals surface area contributed by atoms with Crippen molar-refractivity contribution in [3.63, 3.8) is 0 Å². The van der Waals surface area contributed by atoms with Crippen LogP contribution in [0.2, 0.25) is 10.0 Å². The van der Waals surface area contributed by atoms with Crippen molar-refractivity contribution in [3.05, 3.63) is 57.7 Å². The van der Waals surface area contributed by atoms with Crippen LogP contribution in [0.15, 0.2) is 57.2 Å². The Morgan fingerprint density at radius 3 is 2.67 bits per heavy atom. The molecule has 2 aromatic heterocycles. The van der Waals surface area contributed by atoms with Gasteiger partial charge in [-0.25, -0.2) is 0 Å². The second-order valence-corrected chi connectivity index (χ2v) is 7.78. The van der Waals surface area contributed by atoms with Gasteiger partial charge in [0.15, 0.2) is 15.6 Å². The summed E-state index contributed by atoms with van der Waals surface area (Å²) in [4.78, 5) is 12.3. The van der Waals surface area contributed by atoms with Crippen LogP contribution < -0.4 is 5.32 Å². The molecule has 27 heavy (non-hydrogen) atoms. The number of hydrogen-bond donors (Lipinski definition) is 1. The highest BCUT2D eigenvalue weighted by atomic mass is 79.9. The second-order valence-electron chi connectivity index (χ2n) is 5.24. The molecule has 0 radical (unpaired) electrons. The molecule has 140 valence electrons. The monoisotopic (exact) mass is 486 g/mol. The van der Waals surface area contributed by atoms with Crippen LogP contribution in [-0.2, 0) is 11.3 Å². The topological polar surface area (TPSA) is 73.0 Å². The van der Waals surface area contributed by atoms with Crippen LogP contribution in [0.5, 0.6) is 0 Å². The molecule has 0 saturated carbocycles. The molecular formula is C17H13BrCl2N4O2S. The molecule has 0 fully saturated rings. The summed E-state index contributed by atoms with van der Waals surface area (Å²) < 4.78 is 7.95. The molecule has 2 heterocycles. The highest BCUT2D eigenvalue weighted by Crippen LogP contribution is 2.31. The lowest BCUT2D eigenvalue weighted by Crippen LogP contribution is -2.15. The summed E-state index contributed by atoms with van der Waals surface area (Å²) in [5.74, 6) is 0.970. The van der Waals surface area contributed by atoms with Gasteiger partial charge in [-0.05, 0) is 40.2 Å². The Morgan fingerprint density at radius 2 is 2.04 bits per heavy atom. The lowest BCUT2D eigenvalue weighted by molar-refractivity contribution is -0.113. The Balaban J connectivity index is 1.73. The molecule has 10 heteroatoms. The second kappa shape index (κ2) is 8.97. The number of aromatic nitrogens is 3. The van der Waals surface area contributed by atoms with Crippen molar-refractivity contribution in [3.8, 4) is 11.6 Å². The van der Waals surface area contributed by atoms with Gasteiger partial charge in [0.05, 0.1) is 21.5 Å². The largest absolute Gasteiger partial charge is 0.446 e. The molecular weight excluding hydrogens is 475 g/mol. The standard InChI is InChI=1S/C17H13BrCl2N4O2S/c1-2-8-24-16(12-6-7-13(18)26-12)22-23-17(24)27-9-14(25)21-15-10(19)4-3-5-11(15)20/h2-7H,1,8-9H2,(H,21,25). The van der Waals surface area contributed by atoms with Crippen molar-refractivity contribution < 1.29 is 9.21 Å². The predicted octanol–water partition coefficient (Wildman–Crippen LogP) is 5.52. The average molecular weight is 488 g/mol. The molecule has 0 atom stereocenters. The summed E-state index contributed by atoms with van der Waals surface area (Å²) in [5, 5.41) is 12.4. The smallest absolute Gasteiger partial charge is 0.234 e. The predicted molar refractivity (Wildman–Crippen MR) is 111 cm³/mol. The Hall–Kier alpha value is -1.74. The van der Waals surface area contributed by atoms with Crippen molar-refractivity contribution in [1.29, 1.82) is 0 Å². The van der Waals surface area contributed by atoms with Crippen LogP contribution in [0.4, 0.5) is 5.69 Å². The minimum atomic E-state index is -0.259. The number of carbonyl (C=O) groups excluding carboxylic acids is 1. The molecule has 0 unspecified atom stereocenters. The summed E-state index contributed by atoms with van der Waals surface area (Å²) in [6, 6.07) is 8.58. The van der Waals surface area contributed by atoms with Gasteiger partial charge in [-0.15, -0.1) is 16.8 Å². The molecule has 0 aliphatic heterocycles. The number of para-hydroxylation sites is 1. The third kappa shape index (κ3) is 4.76. The number of benzene rings is 1. The summed E-state index contributed by atoms with van der Waals surface area (Å²) in [6.07, 6.45) is 1.72. The number of allylic oxidation sites excluding steroid dienone is 1. The molecule has 3 aromatic rings. The van der Waals surface area contributed by atoms with E-state index in [-0.39, 0.29) is 11.7 Å². The molecule has 0 spiro atoms. The van der Waals surface area contributed by atoms with E-state index in [9.17, 15) is 4.79 Å². The van der Waals surface area contributed by atoms with E-state index < -0.39 is 0 Å². The van der Waals surface area contributed by atoms with Crippen molar-refractivity contribution in [1.82, 2.24) is 14.8 Å². The number of carbonyl (C=O) groups is 1. The van der Waals surface area contributed by atoms with Gasteiger partial charge in [0.25, 0.3) is 0 Å². The molecule has 0 aliphatic carbocycles. The molecule has 0 bridgehead atoms. The SMILES string of the molecule is C=CCn1c(SCC(=O)Nc2c(Cl)cccc2Cl)nnc1-c1ccc(Br)o1. The van der Waals surface area contributed by atoms with Gasteiger partial charge in [0.1, 0.15) is 0 Å². The van der Waals surface area contributed by atoms with E-state index >= 15 is 0 Å². The molecule has 6 nitrogen and oxygen atoms in total. The Bertz CT molecular complexity index is 969. The maximum atomic E-state index is 12.3. The maximum absolute atomic E-state index is 12.3. The zero-order chi connectivity index (χ0) is 19.4. The van der Waals surface area contributed by atoms with Crippen molar-refractivity contribution in [2.75, 3.05) is 11.1 Å². The van der Waals surface area contributed by atoms with Crippen LogP contribution in [0, 0.1) is 0 Å². The number of anilines is 1. The van der Waals surface area contributed by atoms with Gasteiger partial charge in [-0.1, -0.05) is 47.1 Å². The van der Waals surface area contributed by atoms with Gasteiger partial charge in [0.2, 0.25) is 11.7 Å². The summed E-state index contributed by atoms with van der Waals surface area (Å²) in [5.41, 5.74) is 0.389. The lowest BCUT2D eigenvalue weighted by atomic mass is 10.3. The van der Waals surface area contributed by atoms with Crippen molar-refractivity contribution >= 4 is 62.5 Å². The van der Waals surface area contributed by atoms with Crippen molar-refractivity contribution in [2.45, 2.75) is 11.7 Å². The van der Waals surface area contributed by atoms with Gasteiger partial charge in [-0.3, -0.25) is 9.36 Å². The Labute approximate surface area is 178 Å². The number of nitrogens with one attached hydrogen (secondary N) is 1. The van der Waals surface area contributed by atoms with Gasteiger partial charge < -0.3 is 9.73 Å². The number of amides is 1. The molecule has 1 amide bonds. The molecule has 1 N–H and O–H groups in total. The van der Waals surface area contributed by atoms with E-state index in [0.29, 0.717) is 43.7 Å². The fourth-order valence-corrected chi connectivity index (χ4v) is 3.77. The van der Waals surface area contributed by atoms with Crippen molar-refractivity contribution in [2.24, 2.45) is 0 Å². The van der Waals surface area contributed by atoms with E-state index in [1.54, 1.807) is 36.4 Å². The summed E-state index contributed by atoms with van der Waals surface area (Å²) in [6.45, 7) is 4.23. The number of thioether (sulfide) groups is 1. The first kappa shape index (κ1) is 20.0. The van der Waals surface area contributed by atoms with E-state index in [1.807, 2.05) is 4.57 Å². The highest BCUT2D eigenvalue weighted by molar-refractivity contribution is 9.10. The van der Waals surface area contributed by atoms with E-state index in [4.69, 9.17) is 27.6 Å². The van der Waals surface area contributed by atoms with Crippen LogP contribution in [0.3, 0.4) is 0 Å². The minimum absolute atomic E-state index is 0.110. The number of rotatable bonds is 7. The Kier molecular flexibility index (Phi) is 6.64. The van der Waals surface area contributed by atoms with Gasteiger partial charge in [-0.2, -0.15) is 0 Å². The van der Waals surface area contributed by atoms with E-state index in [1.165, 1.54) is 11.8 Å². The molecule has 1 aromatic carbocycles. The third-order valence-electron chi connectivity index (χ3n) is 3.38. The fourth-order valence-electron chi connectivity index (χ4n) is 2.23. The quantitative estimate of drug-likeness (QED) is 0.350. The van der Waals surface area contributed by atoms with Crippen LogP contribution >= 0.6 is 50.9 Å². The average Bonchev–Trinajstić information content (AvgIpc) is 3.23. The summed E-state index contributed by atoms with van der Waals surface area (Å²) >= 11 is 16.7. The zero-order valence-electron chi connectivity index (χ0n) is 13.8. The maximum Gasteiger partial charge on any atom is 0.234 e. The first-order valence-corrected chi connectivity index (χ1v) is 10.2. The molecule has 0 saturated heterocycles. The van der Waals surface area contributed by atoms with Crippen LogP contribution in [0.1, 0.15) is 0 Å². The van der Waals surface area contributed by atoms with E-state index in [0.717, 1.165) is 0 Å². The number of hydrogen-bond acceptors (Lipinski definition) is 5. The molecule has 3 rings (SSSR count). The fraction of sp³-hybridized carbons (Fsp3) is 0.118. The minimum Gasteiger partial charge on any atom is -0.446 e. The number of nitrogens with zero attached hydrogens (tertiary/aromatic N) is 3. The van der Waals surface area contributed by atoms with Crippen LogP contribution in [0.25, 0.3) is 11.6 Å². The van der Waals surface area contributed by atoms with E-state index in [2.05, 4.69) is 38.0 Å².